The normalized spacial score (nSPS) is 12.4. The standard InChI is InChI=1S/C17H17N3OS/c1-10-9-18-14(8-15(10)21-3)17(22)16-12-6-4-5-7-13(12)19-11(2)20-16/h4-9,17,22H,1-3H3. The zero-order valence-corrected chi connectivity index (χ0v) is 13.6. The van der Waals surface area contributed by atoms with E-state index < -0.39 is 0 Å². The van der Waals surface area contributed by atoms with Crippen LogP contribution >= 0.6 is 12.6 Å². The molecule has 0 saturated heterocycles. The molecule has 0 spiro atoms. The van der Waals surface area contributed by atoms with Crippen LogP contribution in [0.5, 0.6) is 5.75 Å². The van der Waals surface area contributed by atoms with Gasteiger partial charge >= 0.3 is 0 Å². The lowest BCUT2D eigenvalue weighted by atomic mass is 10.1. The van der Waals surface area contributed by atoms with E-state index in [4.69, 9.17) is 17.4 Å². The number of methoxy groups -OCH3 is 1. The highest BCUT2D eigenvalue weighted by Gasteiger charge is 2.18. The Labute approximate surface area is 135 Å². The third kappa shape index (κ3) is 2.64. The van der Waals surface area contributed by atoms with Crippen molar-refractivity contribution >= 4 is 23.5 Å². The van der Waals surface area contributed by atoms with Gasteiger partial charge in [-0.15, -0.1) is 0 Å². The predicted octanol–water partition coefficient (Wildman–Crippen LogP) is 3.67. The van der Waals surface area contributed by atoms with E-state index in [1.54, 1.807) is 13.3 Å². The molecule has 22 heavy (non-hydrogen) atoms. The van der Waals surface area contributed by atoms with E-state index in [-0.39, 0.29) is 5.25 Å². The van der Waals surface area contributed by atoms with Crippen LogP contribution in [0.2, 0.25) is 0 Å². The van der Waals surface area contributed by atoms with Crippen LogP contribution in [0.3, 0.4) is 0 Å². The van der Waals surface area contributed by atoms with Gasteiger partial charge in [-0.2, -0.15) is 12.6 Å². The molecule has 0 N–H and O–H groups in total. The van der Waals surface area contributed by atoms with Crippen LogP contribution in [0.25, 0.3) is 10.9 Å². The molecule has 0 saturated carbocycles. The van der Waals surface area contributed by atoms with E-state index in [1.807, 2.05) is 44.2 Å². The van der Waals surface area contributed by atoms with Gasteiger partial charge in [0.25, 0.3) is 0 Å². The third-order valence-electron chi connectivity index (χ3n) is 3.58. The van der Waals surface area contributed by atoms with Crippen LogP contribution in [0.4, 0.5) is 0 Å². The molecule has 3 aromatic rings. The van der Waals surface area contributed by atoms with Crippen molar-refractivity contribution in [2.45, 2.75) is 19.1 Å². The van der Waals surface area contributed by atoms with Gasteiger partial charge in [0.05, 0.1) is 29.3 Å². The summed E-state index contributed by atoms with van der Waals surface area (Å²) in [5.41, 5.74) is 3.59. The average molecular weight is 311 g/mol. The number of pyridine rings is 1. The molecule has 0 aliphatic heterocycles. The topological polar surface area (TPSA) is 47.9 Å². The molecule has 0 amide bonds. The van der Waals surface area contributed by atoms with E-state index >= 15 is 0 Å². The van der Waals surface area contributed by atoms with Crippen molar-refractivity contribution in [3.8, 4) is 5.75 Å². The molecule has 2 heterocycles. The predicted molar refractivity (Wildman–Crippen MR) is 90.6 cm³/mol. The van der Waals surface area contributed by atoms with Gasteiger partial charge in [0.1, 0.15) is 11.6 Å². The summed E-state index contributed by atoms with van der Waals surface area (Å²) in [5, 5.41) is 0.760. The van der Waals surface area contributed by atoms with Crippen molar-refractivity contribution in [3.05, 3.63) is 59.3 Å². The fraction of sp³-hybridized carbons (Fsp3) is 0.235. The van der Waals surface area contributed by atoms with Crippen molar-refractivity contribution < 1.29 is 4.74 Å². The average Bonchev–Trinajstić information content (AvgIpc) is 2.53. The van der Waals surface area contributed by atoms with Crippen molar-refractivity contribution in [1.82, 2.24) is 15.0 Å². The van der Waals surface area contributed by atoms with Crippen molar-refractivity contribution in [2.75, 3.05) is 7.11 Å². The molecule has 0 aliphatic rings. The maximum Gasteiger partial charge on any atom is 0.126 e. The number of hydrogen-bond donors (Lipinski definition) is 1. The number of aryl methyl sites for hydroxylation is 2. The van der Waals surface area contributed by atoms with Crippen LogP contribution in [0, 0.1) is 13.8 Å². The smallest absolute Gasteiger partial charge is 0.126 e. The quantitative estimate of drug-likeness (QED) is 0.750. The summed E-state index contributed by atoms with van der Waals surface area (Å²) in [6.07, 6.45) is 1.80. The highest BCUT2D eigenvalue weighted by Crippen LogP contribution is 2.32. The molecule has 0 fully saturated rings. The first kappa shape index (κ1) is 14.8. The molecule has 1 unspecified atom stereocenters. The van der Waals surface area contributed by atoms with E-state index in [9.17, 15) is 0 Å². The molecule has 2 aromatic heterocycles. The third-order valence-corrected chi connectivity index (χ3v) is 4.09. The number of fused-ring (bicyclic) bond motifs is 1. The molecule has 0 radical (unpaired) electrons. The first-order valence-electron chi connectivity index (χ1n) is 7.02. The Morgan fingerprint density at radius 3 is 2.68 bits per heavy atom. The Morgan fingerprint density at radius 2 is 1.91 bits per heavy atom. The van der Waals surface area contributed by atoms with Gasteiger partial charge in [-0.25, -0.2) is 9.97 Å². The van der Waals surface area contributed by atoms with Gasteiger partial charge in [-0.3, -0.25) is 4.98 Å². The lowest BCUT2D eigenvalue weighted by Gasteiger charge is -2.14. The first-order chi connectivity index (χ1) is 10.6. The fourth-order valence-corrected chi connectivity index (χ4v) is 2.80. The summed E-state index contributed by atoms with van der Waals surface area (Å²) >= 11 is 4.74. The summed E-state index contributed by atoms with van der Waals surface area (Å²) in [5.74, 6) is 1.53. The maximum atomic E-state index is 5.38. The second kappa shape index (κ2) is 5.93. The largest absolute Gasteiger partial charge is 0.496 e. The highest BCUT2D eigenvalue weighted by molar-refractivity contribution is 7.80. The van der Waals surface area contributed by atoms with E-state index in [0.717, 1.165) is 39.4 Å². The number of hydrogen-bond acceptors (Lipinski definition) is 5. The van der Waals surface area contributed by atoms with Crippen LogP contribution in [0.1, 0.15) is 28.0 Å². The Bertz CT molecular complexity index is 835. The summed E-state index contributed by atoms with van der Waals surface area (Å²) in [4.78, 5) is 13.5. The Hall–Kier alpha value is -2.14. The van der Waals surface area contributed by atoms with Gasteiger partial charge in [-0.1, -0.05) is 18.2 Å². The van der Waals surface area contributed by atoms with Crippen LogP contribution < -0.4 is 4.74 Å². The molecular weight excluding hydrogens is 294 g/mol. The monoisotopic (exact) mass is 311 g/mol. The lowest BCUT2D eigenvalue weighted by molar-refractivity contribution is 0.410. The fourth-order valence-electron chi connectivity index (χ4n) is 2.46. The number of rotatable bonds is 3. The minimum absolute atomic E-state index is 0.235. The molecule has 1 aromatic carbocycles. The molecule has 0 bridgehead atoms. The molecular formula is C17H17N3OS. The summed E-state index contributed by atoms with van der Waals surface area (Å²) in [6.45, 7) is 3.85. The molecule has 112 valence electrons. The first-order valence-corrected chi connectivity index (χ1v) is 7.53. The van der Waals surface area contributed by atoms with Crippen molar-refractivity contribution in [3.63, 3.8) is 0 Å². The van der Waals surface area contributed by atoms with Gasteiger partial charge in [0.15, 0.2) is 0 Å². The van der Waals surface area contributed by atoms with Gasteiger partial charge in [0.2, 0.25) is 0 Å². The summed E-state index contributed by atoms with van der Waals surface area (Å²) in [6, 6.07) is 9.86. The van der Waals surface area contributed by atoms with Crippen molar-refractivity contribution in [2.24, 2.45) is 0 Å². The van der Waals surface area contributed by atoms with E-state index in [0.29, 0.717) is 0 Å². The Balaban J connectivity index is 2.14. The zero-order chi connectivity index (χ0) is 15.7. The Kier molecular flexibility index (Phi) is 3.98. The van der Waals surface area contributed by atoms with Crippen LogP contribution in [0.15, 0.2) is 36.5 Å². The summed E-state index contributed by atoms with van der Waals surface area (Å²) < 4.78 is 5.38. The number of benzene rings is 1. The number of thiol groups is 1. The molecule has 4 nitrogen and oxygen atoms in total. The SMILES string of the molecule is COc1cc(C(S)c2nc(C)nc3ccccc23)ncc1C. The number of aromatic nitrogens is 3. The van der Waals surface area contributed by atoms with E-state index in [1.165, 1.54) is 0 Å². The van der Waals surface area contributed by atoms with Gasteiger partial charge < -0.3 is 4.74 Å². The summed E-state index contributed by atoms with van der Waals surface area (Å²) in [7, 11) is 1.66. The molecule has 5 heteroatoms. The number of nitrogens with zero attached hydrogens (tertiary/aromatic N) is 3. The molecule has 0 aliphatic carbocycles. The Morgan fingerprint density at radius 1 is 1.14 bits per heavy atom. The van der Waals surface area contributed by atoms with Crippen LogP contribution in [-0.4, -0.2) is 22.1 Å². The second-order valence-electron chi connectivity index (χ2n) is 5.15. The maximum absolute atomic E-state index is 5.38. The second-order valence-corrected chi connectivity index (χ2v) is 5.67. The van der Waals surface area contributed by atoms with Gasteiger partial charge in [0, 0.05) is 23.2 Å². The molecule has 3 rings (SSSR count). The van der Waals surface area contributed by atoms with E-state index in [2.05, 4.69) is 15.0 Å². The molecule has 1 atom stereocenters. The minimum atomic E-state index is -0.235. The van der Waals surface area contributed by atoms with Gasteiger partial charge in [-0.05, 0) is 19.9 Å². The van der Waals surface area contributed by atoms with Crippen LogP contribution in [-0.2, 0) is 0 Å². The number of para-hydroxylation sites is 1. The zero-order valence-electron chi connectivity index (χ0n) is 12.7. The highest BCUT2D eigenvalue weighted by atomic mass is 32.1. The number of ether oxygens (including phenoxy) is 1. The lowest BCUT2D eigenvalue weighted by Crippen LogP contribution is -2.04. The van der Waals surface area contributed by atoms with Crippen molar-refractivity contribution in [1.29, 1.82) is 0 Å². The minimum Gasteiger partial charge on any atom is -0.496 e.